The molecule has 0 unspecified atom stereocenters. The van der Waals surface area contributed by atoms with Gasteiger partial charge in [-0.15, -0.1) is 0 Å². The van der Waals surface area contributed by atoms with Crippen LogP contribution in [-0.2, 0) is 14.8 Å². The van der Waals surface area contributed by atoms with Crippen molar-refractivity contribution in [3.05, 3.63) is 29.8 Å². The average Bonchev–Trinajstić information content (AvgIpc) is 2.71. The molecule has 1 aliphatic heterocycles. The molecule has 162 valence electrons. The molecule has 1 heterocycles. The van der Waals surface area contributed by atoms with Gasteiger partial charge in [0.1, 0.15) is 0 Å². The molecule has 4 atom stereocenters. The first-order chi connectivity index (χ1) is 13.7. The SMILES string of the molecule is Cc1ccc(S(=O)(=O)N2CC[NH+]([C@@H](C)C(=O)N[C@@H]3CCC[C@H](C)[C@@H]3C)CC2)cc1. The maximum Gasteiger partial charge on any atom is 0.278 e. The van der Waals surface area contributed by atoms with Gasteiger partial charge in [0.05, 0.1) is 31.1 Å². The summed E-state index contributed by atoms with van der Waals surface area (Å²) in [6.07, 6.45) is 3.47. The molecule has 2 aliphatic rings. The van der Waals surface area contributed by atoms with E-state index >= 15 is 0 Å². The predicted molar refractivity (Wildman–Crippen MR) is 114 cm³/mol. The molecule has 6 nitrogen and oxygen atoms in total. The standard InChI is InChI=1S/C22H35N3O3S/c1-16-8-10-20(11-9-16)29(27,28)25-14-12-24(13-15-25)19(4)22(26)23-21-7-5-6-17(2)18(21)3/h8-11,17-19,21H,5-7,12-15H2,1-4H3,(H,23,26)/p+1/t17-,18-,19-,21+/m0/s1. The summed E-state index contributed by atoms with van der Waals surface area (Å²) in [5.41, 5.74) is 1.04. The van der Waals surface area contributed by atoms with Crippen molar-refractivity contribution in [3.63, 3.8) is 0 Å². The summed E-state index contributed by atoms with van der Waals surface area (Å²) in [7, 11) is -3.46. The molecule has 0 aromatic heterocycles. The highest BCUT2D eigenvalue weighted by molar-refractivity contribution is 7.89. The molecule has 1 aromatic carbocycles. The summed E-state index contributed by atoms with van der Waals surface area (Å²) in [5.74, 6) is 1.25. The van der Waals surface area contributed by atoms with Crippen LogP contribution in [0.5, 0.6) is 0 Å². The molecule has 0 bridgehead atoms. The van der Waals surface area contributed by atoms with Crippen LogP contribution < -0.4 is 10.2 Å². The largest absolute Gasteiger partial charge is 0.348 e. The van der Waals surface area contributed by atoms with E-state index < -0.39 is 10.0 Å². The lowest BCUT2D eigenvalue weighted by atomic mass is 9.78. The third kappa shape index (κ3) is 5.01. The Labute approximate surface area is 175 Å². The average molecular weight is 423 g/mol. The topological polar surface area (TPSA) is 70.9 Å². The molecular formula is C22H36N3O3S+. The Morgan fingerprint density at radius 3 is 2.38 bits per heavy atom. The minimum atomic E-state index is -3.46. The van der Waals surface area contributed by atoms with E-state index in [4.69, 9.17) is 0 Å². The molecule has 1 saturated carbocycles. The number of rotatable bonds is 5. The first kappa shape index (κ1) is 22.2. The fraction of sp³-hybridized carbons (Fsp3) is 0.682. The highest BCUT2D eigenvalue weighted by atomic mass is 32.2. The van der Waals surface area contributed by atoms with E-state index in [-0.39, 0.29) is 18.0 Å². The number of carbonyl (C=O) groups is 1. The van der Waals surface area contributed by atoms with Gasteiger partial charge in [-0.1, -0.05) is 44.4 Å². The van der Waals surface area contributed by atoms with Crippen molar-refractivity contribution < 1.29 is 18.1 Å². The minimum absolute atomic E-state index is 0.0980. The number of hydrogen-bond donors (Lipinski definition) is 2. The summed E-state index contributed by atoms with van der Waals surface area (Å²) in [5, 5.41) is 3.28. The lowest BCUT2D eigenvalue weighted by Gasteiger charge is -2.37. The van der Waals surface area contributed by atoms with E-state index in [1.165, 1.54) is 12.8 Å². The molecule has 7 heteroatoms. The van der Waals surface area contributed by atoms with Crippen LogP contribution in [0.2, 0.25) is 0 Å². The number of piperazine rings is 1. The van der Waals surface area contributed by atoms with Gasteiger partial charge in [0.2, 0.25) is 10.0 Å². The minimum Gasteiger partial charge on any atom is -0.348 e. The zero-order chi connectivity index (χ0) is 21.2. The number of hydrogen-bond acceptors (Lipinski definition) is 3. The van der Waals surface area contributed by atoms with Gasteiger partial charge in [0, 0.05) is 6.04 Å². The maximum atomic E-state index is 12.9. The summed E-state index contributed by atoms with van der Waals surface area (Å²) in [6, 6.07) is 7.10. The number of nitrogens with zero attached hydrogens (tertiary/aromatic N) is 1. The van der Waals surface area contributed by atoms with Gasteiger partial charge in [-0.3, -0.25) is 4.79 Å². The van der Waals surface area contributed by atoms with Crippen molar-refractivity contribution in [1.29, 1.82) is 0 Å². The number of benzene rings is 1. The number of quaternary nitrogens is 1. The summed E-state index contributed by atoms with van der Waals surface area (Å²) in [6.45, 7) is 10.6. The van der Waals surface area contributed by atoms with Gasteiger partial charge in [-0.2, -0.15) is 4.31 Å². The van der Waals surface area contributed by atoms with Gasteiger partial charge in [-0.25, -0.2) is 8.42 Å². The zero-order valence-electron chi connectivity index (χ0n) is 18.1. The van der Waals surface area contributed by atoms with E-state index in [1.807, 2.05) is 26.0 Å². The first-order valence-corrected chi connectivity index (χ1v) is 12.4. The zero-order valence-corrected chi connectivity index (χ0v) is 19.0. The molecule has 1 aromatic rings. The van der Waals surface area contributed by atoms with E-state index in [9.17, 15) is 13.2 Å². The predicted octanol–water partition coefficient (Wildman–Crippen LogP) is 1.21. The van der Waals surface area contributed by atoms with Crippen molar-refractivity contribution in [2.75, 3.05) is 26.2 Å². The number of amides is 1. The van der Waals surface area contributed by atoms with Crippen LogP contribution in [0.1, 0.15) is 45.6 Å². The van der Waals surface area contributed by atoms with Crippen molar-refractivity contribution in [2.24, 2.45) is 11.8 Å². The first-order valence-electron chi connectivity index (χ1n) is 10.9. The molecule has 1 amide bonds. The number of carbonyl (C=O) groups excluding carboxylic acids is 1. The van der Waals surface area contributed by atoms with E-state index in [2.05, 4.69) is 19.2 Å². The quantitative estimate of drug-likeness (QED) is 0.749. The monoisotopic (exact) mass is 422 g/mol. The fourth-order valence-corrected chi connectivity index (χ4v) is 6.03. The Morgan fingerprint density at radius 2 is 1.76 bits per heavy atom. The van der Waals surface area contributed by atoms with Crippen molar-refractivity contribution in [3.8, 4) is 0 Å². The molecule has 1 saturated heterocycles. The second kappa shape index (κ2) is 9.14. The number of aryl methyl sites for hydroxylation is 1. The highest BCUT2D eigenvalue weighted by Crippen LogP contribution is 2.29. The normalized spacial score (nSPS) is 28.1. The second-order valence-corrected chi connectivity index (χ2v) is 10.9. The fourth-order valence-electron chi connectivity index (χ4n) is 4.58. The van der Waals surface area contributed by atoms with Crippen molar-refractivity contribution in [2.45, 2.75) is 63.9 Å². The third-order valence-electron chi connectivity index (χ3n) is 7.06. The molecule has 0 spiro atoms. The lowest BCUT2D eigenvalue weighted by molar-refractivity contribution is -0.917. The Bertz CT molecular complexity index is 801. The van der Waals surface area contributed by atoms with Gasteiger partial charge in [0.15, 0.2) is 6.04 Å². The Balaban J connectivity index is 1.55. The molecular weight excluding hydrogens is 386 g/mol. The van der Waals surface area contributed by atoms with Gasteiger partial charge < -0.3 is 10.2 Å². The van der Waals surface area contributed by atoms with Crippen molar-refractivity contribution >= 4 is 15.9 Å². The van der Waals surface area contributed by atoms with Crippen LogP contribution in [0.15, 0.2) is 29.2 Å². The van der Waals surface area contributed by atoms with Crippen LogP contribution in [0, 0.1) is 18.8 Å². The summed E-state index contributed by atoms with van der Waals surface area (Å²) >= 11 is 0. The molecule has 2 fully saturated rings. The molecule has 1 aliphatic carbocycles. The molecule has 29 heavy (non-hydrogen) atoms. The van der Waals surface area contributed by atoms with Gasteiger partial charge in [0.25, 0.3) is 5.91 Å². The Morgan fingerprint density at radius 1 is 1.14 bits per heavy atom. The summed E-state index contributed by atoms with van der Waals surface area (Å²) in [4.78, 5) is 14.3. The Kier molecular flexibility index (Phi) is 7.02. The van der Waals surface area contributed by atoms with E-state index in [0.29, 0.717) is 42.9 Å². The number of nitrogens with one attached hydrogen (secondary N) is 2. The van der Waals surface area contributed by atoms with Crippen LogP contribution in [0.25, 0.3) is 0 Å². The smallest absolute Gasteiger partial charge is 0.278 e. The molecule has 3 rings (SSSR count). The van der Waals surface area contributed by atoms with Crippen LogP contribution in [-0.4, -0.2) is 56.9 Å². The van der Waals surface area contributed by atoms with Crippen LogP contribution in [0.4, 0.5) is 0 Å². The van der Waals surface area contributed by atoms with Gasteiger partial charge in [-0.05, 0) is 44.2 Å². The Hall–Kier alpha value is -1.44. The third-order valence-corrected chi connectivity index (χ3v) is 8.98. The van der Waals surface area contributed by atoms with E-state index in [0.717, 1.165) is 16.9 Å². The number of sulfonamides is 1. The molecule has 2 N–H and O–H groups in total. The summed E-state index contributed by atoms with van der Waals surface area (Å²) < 4.78 is 27.3. The van der Waals surface area contributed by atoms with E-state index in [1.54, 1.807) is 16.4 Å². The molecule has 0 radical (unpaired) electrons. The van der Waals surface area contributed by atoms with Crippen LogP contribution in [0.3, 0.4) is 0 Å². The maximum absolute atomic E-state index is 12.9. The van der Waals surface area contributed by atoms with Gasteiger partial charge >= 0.3 is 0 Å². The van der Waals surface area contributed by atoms with Crippen molar-refractivity contribution in [1.82, 2.24) is 9.62 Å². The highest BCUT2D eigenvalue weighted by Gasteiger charge is 2.36. The second-order valence-electron chi connectivity index (χ2n) is 8.98. The van der Waals surface area contributed by atoms with Crippen LogP contribution >= 0.6 is 0 Å². The lowest BCUT2D eigenvalue weighted by Crippen LogP contribution is -3.19.